The molecule has 196 valence electrons. The molecule has 0 N–H and O–H groups in total. The van der Waals surface area contributed by atoms with Gasteiger partial charge in [0.1, 0.15) is 19.0 Å². The van der Waals surface area contributed by atoms with Crippen molar-refractivity contribution in [2.24, 2.45) is 5.92 Å². The molecule has 0 aromatic rings. The number of rotatable bonds is 24. The second-order valence-corrected chi connectivity index (χ2v) is 9.03. The van der Waals surface area contributed by atoms with E-state index in [1.807, 2.05) is 27.7 Å². The van der Waals surface area contributed by atoms with Crippen molar-refractivity contribution in [1.82, 2.24) is 0 Å². The van der Waals surface area contributed by atoms with Gasteiger partial charge in [-0.25, -0.2) is 6.57 Å². The molecule has 0 bridgehead atoms. The summed E-state index contributed by atoms with van der Waals surface area (Å²) in [6.45, 7) is 17.9. The van der Waals surface area contributed by atoms with Gasteiger partial charge < -0.3 is 23.8 Å². The van der Waals surface area contributed by atoms with Gasteiger partial charge in [0.05, 0.1) is 26.4 Å². The Labute approximate surface area is 205 Å². The van der Waals surface area contributed by atoms with E-state index in [4.69, 9.17) is 25.5 Å². The maximum Gasteiger partial charge on any atom is 0.232 e. The molecule has 0 saturated carbocycles. The summed E-state index contributed by atoms with van der Waals surface area (Å²) in [6, 6.07) is 0. The molecule has 8 nitrogen and oxygen atoms in total. The fraction of sp³-hybridized carbons (Fsp3) is 0.846. The minimum atomic E-state index is -0.473. The highest BCUT2D eigenvalue weighted by molar-refractivity contribution is 5.80. The van der Waals surface area contributed by atoms with Gasteiger partial charge in [0.15, 0.2) is 11.6 Å². The first kappa shape index (κ1) is 32.3. The van der Waals surface area contributed by atoms with Crippen molar-refractivity contribution in [3.63, 3.8) is 0 Å². The summed E-state index contributed by atoms with van der Waals surface area (Å²) in [5.41, 5.74) is -0.473. The molecular weight excluding hydrogens is 438 g/mol. The molecule has 0 saturated heterocycles. The van der Waals surface area contributed by atoms with E-state index in [0.29, 0.717) is 84.6 Å². The Morgan fingerprint density at radius 3 is 1.68 bits per heavy atom. The van der Waals surface area contributed by atoms with Gasteiger partial charge in [-0.2, -0.15) is 0 Å². The number of Topliss-reactive ketones (excluding diaryl/α,β-unsaturated/α-hetero) is 3. The third-order valence-corrected chi connectivity index (χ3v) is 5.70. The Bertz CT molecular complexity index is 615. The Balaban J connectivity index is 3.49. The van der Waals surface area contributed by atoms with Gasteiger partial charge in [-0.1, -0.05) is 20.8 Å². The van der Waals surface area contributed by atoms with Crippen molar-refractivity contribution >= 4 is 17.3 Å². The summed E-state index contributed by atoms with van der Waals surface area (Å²) in [6.07, 6.45) is 4.51. The lowest BCUT2D eigenvalue weighted by molar-refractivity contribution is -0.125. The van der Waals surface area contributed by atoms with Gasteiger partial charge in [-0.15, -0.1) is 0 Å². The second-order valence-electron chi connectivity index (χ2n) is 9.03. The van der Waals surface area contributed by atoms with E-state index < -0.39 is 5.54 Å². The van der Waals surface area contributed by atoms with E-state index in [2.05, 4.69) is 4.85 Å². The van der Waals surface area contributed by atoms with Crippen LogP contribution in [0.3, 0.4) is 0 Å². The Morgan fingerprint density at radius 1 is 0.735 bits per heavy atom. The molecule has 0 fully saturated rings. The number of ether oxygens (including phenoxy) is 4. The van der Waals surface area contributed by atoms with Crippen LogP contribution in [-0.4, -0.2) is 75.7 Å². The standard InChI is InChI=1S/C26H45NO7/c1-6-9-24(29)20-33-18-16-32-15-8-11-25(30)21-34-19-17-31-14-7-10-23(28)12-13-26(4,27-5)22(2)3/h22H,6-21H2,1-4H3. The predicted molar refractivity (Wildman–Crippen MR) is 131 cm³/mol. The van der Waals surface area contributed by atoms with Crippen LogP contribution in [-0.2, 0) is 33.3 Å². The van der Waals surface area contributed by atoms with Crippen LogP contribution in [0, 0.1) is 12.5 Å². The van der Waals surface area contributed by atoms with Crippen molar-refractivity contribution in [3.8, 4) is 0 Å². The van der Waals surface area contributed by atoms with E-state index >= 15 is 0 Å². The third-order valence-electron chi connectivity index (χ3n) is 5.70. The largest absolute Gasteiger partial charge is 0.379 e. The monoisotopic (exact) mass is 483 g/mol. The first-order valence-corrected chi connectivity index (χ1v) is 12.5. The van der Waals surface area contributed by atoms with Gasteiger partial charge >= 0.3 is 0 Å². The van der Waals surface area contributed by atoms with E-state index in [-0.39, 0.29) is 36.5 Å². The zero-order valence-corrected chi connectivity index (χ0v) is 21.7. The molecule has 0 aliphatic rings. The molecule has 0 aromatic carbocycles. The van der Waals surface area contributed by atoms with E-state index in [0.717, 1.165) is 6.42 Å². The summed E-state index contributed by atoms with van der Waals surface area (Å²) in [5.74, 6) is 0.510. The van der Waals surface area contributed by atoms with Gasteiger partial charge in [0.2, 0.25) is 5.54 Å². The Morgan fingerprint density at radius 2 is 1.21 bits per heavy atom. The summed E-state index contributed by atoms with van der Waals surface area (Å²) in [5, 5.41) is 0. The van der Waals surface area contributed by atoms with Crippen LogP contribution >= 0.6 is 0 Å². The fourth-order valence-electron chi connectivity index (χ4n) is 2.97. The molecular formula is C26H45NO7. The molecule has 34 heavy (non-hydrogen) atoms. The summed E-state index contributed by atoms with van der Waals surface area (Å²) in [7, 11) is 0. The topological polar surface area (TPSA) is 92.5 Å². The second kappa shape index (κ2) is 20.7. The van der Waals surface area contributed by atoms with Crippen LogP contribution in [0.2, 0.25) is 0 Å². The van der Waals surface area contributed by atoms with Crippen molar-refractivity contribution in [2.45, 2.75) is 84.6 Å². The van der Waals surface area contributed by atoms with Gasteiger partial charge in [-0.05, 0) is 19.3 Å². The smallest absolute Gasteiger partial charge is 0.232 e. The Hall–Kier alpha value is -1.66. The summed E-state index contributed by atoms with van der Waals surface area (Å²) >= 11 is 0. The zero-order chi connectivity index (χ0) is 25.7. The number of ketones is 3. The maximum absolute atomic E-state index is 12.0. The highest BCUT2D eigenvalue weighted by atomic mass is 16.5. The molecule has 0 heterocycles. The summed E-state index contributed by atoms with van der Waals surface area (Å²) in [4.78, 5) is 38.8. The highest BCUT2D eigenvalue weighted by Gasteiger charge is 2.34. The van der Waals surface area contributed by atoms with E-state index in [1.54, 1.807) is 0 Å². The lowest BCUT2D eigenvalue weighted by Crippen LogP contribution is -2.28. The number of carbonyl (C=O) groups is 3. The highest BCUT2D eigenvalue weighted by Crippen LogP contribution is 2.27. The van der Waals surface area contributed by atoms with Crippen LogP contribution in [0.25, 0.3) is 4.85 Å². The number of carbonyl (C=O) groups excluding carboxylic acids is 3. The zero-order valence-electron chi connectivity index (χ0n) is 21.7. The van der Waals surface area contributed by atoms with Crippen LogP contribution in [0.4, 0.5) is 0 Å². The number of nitrogens with zero attached hydrogens (tertiary/aromatic N) is 1. The van der Waals surface area contributed by atoms with Crippen molar-refractivity contribution in [1.29, 1.82) is 0 Å². The van der Waals surface area contributed by atoms with Crippen molar-refractivity contribution in [2.75, 3.05) is 52.9 Å². The molecule has 0 rings (SSSR count). The lowest BCUT2D eigenvalue weighted by Gasteiger charge is -2.20. The number of hydrogen-bond acceptors (Lipinski definition) is 7. The van der Waals surface area contributed by atoms with Crippen LogP contribution < -0.4 is 0 Å². The van der Waals surface area contributed by atoms with Crippen LogP contribution in [0.5, 0.6) is 0 Å². The molecule has 0 radical (unpaired) electrons. The minimum Gasteiger partial charge on any atom is -0.379 e. The van der Waals surface area contributed by atoms with E-state index in [9.17, 15) is 14.4 Å². The molecule has 0 aromatic heterocycles. The molecule has 0 spiro atoms. The molecule has 0 amide bonds. The van der Waals surface area contributed by atoms with Gasteiger partial charge in [0.25, 0.3) is 0 Å². The first-order valence-electron chi connectivity index (χ1n) is 12.5. The van der Waals surface area contributed by atoms with Gasteiger partial charge in [0, 0.05) is 58.2 Å². The normalized spacial score (nSPS) is 12.9. The predicted octanol–water partition coefficient (Wildman–Crippen LogP) is 4.23. The molecule has 0 aliphatic heterocycles. The molecule has 1 unspecified atom stereocenters. The quantitative estimate of drug-likeness (QED) is 0.150. The maximum atomic E-state index is 12.0. The molecule has 0 aliphatic carbocycles. The first-order chi connectivity index (χ1) is 16.2. The van der Waals surface area contributed by atoms with Crippen LogP contribution in [0.1, 0.15) is 79.1 Å². The lowest BCUT2D eigenvalue weighted by atomic mass is 9.84. The summed E-state index contributed by atoms with van der Waals surface area (Å²) < 4.78 is 21.4. The average molecular weight is 484 g/mol. The van der Waals surface area contributed by atoms with E-state index in [1.165, 1.54) is 0 Å². The SMILES string of the molecule is [C-]#[N+]C(C)(CCC(=O)CCCOCCOCC(=O)CCCOCCOCC(=O)CCC)C(C)C. The molecule has 1 atom stereocenters. The van der Waals surface area contributed by atoms with Gasteiger partial charge in [-0.3, -0.25) is 14.4 Å². The fourth-order valence-corrected chi connectivity index (χ4v) is 2.97. The van der Waals surface area contributed by atoms with Crippen LogP contribution in [0.15, 0.2) is 0 Å². The molecule has 8 heteroatoms. The van der Waals surface area contributed by atoms with Crippen molar-refractivity contribution < 1.29 is 33.3 Å². The minimum absolute atomic E-state index is 0.0171. The third kappa shape index (κ3) is 17.8. The average Bonchev–Trinajstić information content (AvgIpc) is 2.80. The van der Waals surface area contributed by atoms with Crippen molar-refractivity contribution in [3.05, 3.63) is 11.4 Å². The Kier molecular flexibility index (Phi) is 19.7. The number of hydrogen-bond donors (Lipinski definition) is 0.